The molecule has 2 aromatic carbocycles. The van der Waals surface area contributed by atoms with Gasteiger partial charge in [0.1, 0.15) is 11.5 Å². The normalized spacial score (nSPS) is 19.3. The zero-order valence-corrected chi connectivity index (χ0v) is 15.7. The van der Waals surface area contributed by atoms with Crippen LogP contribution >= 0.6 is 0 Å². The number of ketones is 1. The number of allylic oxidation sites excluding steroid dienone is 1. The minimum atomic E-state index is -0.159. The minimum Gasteiger partial charge on any atom is -0.507 e. The number of phenolic OH excluding ortho intramolecular Hbond substituents is 1. The Morgan fingerprint density at radius 2 is 1.93 bits per heavy atom. The molecule has 3 heterocycles. The summed E-state index contributed by atoms with van der Waals surface area (Å²) in [6.07, 6.45) is 4.02. The number of nitrogens with zero attached hydrogens (tertiary/aromatic N) is 1. The predicted molar refractivity (Wildman–Crippen MR) is 103 cm³/mol. The van der Waals surface area contributed by atoms with Gasteiger partial charge in [-0.05, 0) is 68.3 Å². The summed E-state index contributed by atoms with van der Waals surface area (Å²) in [5, 5.41) is 10.5. The molecule has 144 valence electrons. The molecule has 3 aliphatic rings. The SMILES string of the molecule is Cc1cc(O)c(CN2CCCC2)c2c1C(=O)/C(=C/c1ccc3c(c1)OCO3)O2. The van der Waals surface area contributed by atoms with Crippen molar-refractivity contribution >= 4 is 11.9 Å². The van der Waals surface area contributed by atoms with E-state index in [9.17, 15) is 9.90 Å². The van der Waals surface area contributed by atoms with Crippen LogP contribution in [0.2, 0.25) is 0 Å². The zero-order valence-electron chi connectivity index (χ0n) is 15.7. The van der Waals surface area contributed by atoms with Gasteiger partial charge in [0.25, 0.3) is 0 Å². The second-order valence-electron chi connectivity index (χ2n) is 7.43. The van der Waals surface area contributed by atoms with Crippen LogP contribution in [0.3, 0.4) is 0 Å². The molecular weight excluding hydrogens is 358 g/mol. The van der Waals surface area contributed by atoms with Crippen LogP contribution in [0, 0.1) is 6.92 Å². The third-order valence-electron chi connectivity index (χ3n) is 5.50. The van der Waals surface area contributed by atoms with Crippen molar-refractivity contribution in [2.45, 2.75) is 26.3 Å². The second-order valence-corrected chi connectivity index (χ2v) is 7.43. The maximum Gasteiger partial charge on any atom is 0.232 e. The first-order valence-corrected chi connectivity index (χ1v) is 9.52. The van der Waals surface area contributed by atoms with Crippen LogP contribution in [-0.2, 0) is 6.54 Å². The highest BCUT2D eigenvalue weighted by Gasteiger charge is 2.34. The van der Waals surface area contributed by atoms with Crippen molar-refractivity contribution in [3.63, 3.8) is 0 Å². The molecule has 0 saturated carbocycles. The highest BCUT2D eigenvalue weighted by atomic mass is 16.7. The van der Waals surface area contributed by atoms with E-state index in [-0.39, 0.29) is 24.1 Å². The van der Waals surface area contributed by atoms with E-state index in [1.165, 1.54) is 0 Å². The van der Waals surface area contributed by atoms with Gasteiger partial charge in [0.05, 0.1) is 11.1 Å². The van der Waals surface area contributed by atoms with Crippen molar-refractivity contribution in [3.8, 4) is 23.0 Å². The monoisotopic (exact) mass is 379 g/mol. The fourth-order valence-electron chi connectivity index (χ4n) is 4.05. The fourth-order valence-corrected chi connectivity index (χ4v) is 4.05. The van der Waals surface area contributed by atoms with E-state index in [1.54, 1.807) is 12.1 Å². The molecule has 0 unspecified atom stereocenters. The average Bonchev–Trinajstić information content (AvgIpc) is 3.40. The summed E-state index contributed by atoms with van der Waals surface area (Å²) in [5.74, 6) is 2.11. The lowest BCUT2D eigenvalue weighted by atomic mass is 9.99. The highest BCUT2D eigenvalue weighted by Crippen LogP contribution is 2.43. The second kappa shape index (κ2) is 6.56. The van der Waals surface area contributed by atoms with Crippen LogP contribution < -0.4 is 14.2 Å². The molecule has 0 bridgehead atoms. The molecule has 0 aliphatic carbocycles. The van der Waals surface area contributed by atoms with Gasteiger partial charge in [-0.25, -0.2) is 0 Å². The number of benzene rings is 2. The van der Waals surface area contributed by atoms with Crippen LogP contribution in [0.5, 0.6) is 23.0 Å². The maximum atomic E-state index is 13.0. The molecule has 0 radical (unpaired) electrons. The molecule has 0 amide bonds. The van der Waals surface area contributed by atoms with Gasteiger partial charge < -0.3 is 19.3 Å². The van der Waals surface area contributed by atoms with Crippen molar-refractivity contribution in [2.24, 2.45) is 0 Å². The summed E-state index contributed by atoms with van der Waals surface area (Å²) in [7, 11) is 0. The Morgan fingerprint density at radius 1 is 1.14 bits per heavy atom. The first-order valence-electron chi connectivity index (χ1n) is 9.52. The number of likely N-dealkylation sites (tertiary alicyclic amines) is 1. The molecular formula is C22H21NO5. The summed E-state index contributed by atoms with van der Waals surface area (Å²) in [5.41, 5.74) is 2.74. The summed E-state index contributed by atoms with van der Waals surface area (Å²) in [4.78, 5) is 15.3. The average molecular weight is 379 g/mol. The molecule has 1 saturated heterocycles. The Morgan fingerprint density at radius 3 is 2.75 bits per heavy atom. The number of rotatable bonds is 3. The molecule has 0 aromatic heterocycles. The lowest BCUT2D eigenvalue weighted by Crippen LogP contribution is -2.19. The number of carbonyl (C=O) groups is 1. The quantitative estimate of drug-likeness (QED) is 0.822. The van der Waals surface area contributed by atoms with E-state index in [1.807, 2.05) is 25.1 Å². The Balaban J connectivity index is 1.51. The molecule has 2 aromatic rings. The lowest BCUT2D eigenvalue weighted by Gasteiger charge is -2.18. The molecule has 5 rings (SSSR count). The van der Waals surface area contributed by atoms with E-state index in [2.05, 4.69) is 4.90 Å². The van der Waals surface area contributed by atoms with Gasteiger partial charge in [-0.2, -0.15) is 0 Å². The number of aromatic hydroxyl groups is 1. The maximum absolute atomic E-state index is 13.0. The highest BCUT2D eigenvalue weighted by molar-refractivity contribution is 6.15. The van der Waals surface area contributed by atoms with Crippen molar-refractivity contribution < 1.29 is 24.1 Å². The molecule has 0 atom stereocenters. The van der Waals surface area contributed by atoms with Gasteiger partial charge in [0, 0.05) is 6.54 Å². The minimum absolute atomic E-state index is 0.159. The van der Waals surface area contributed by atoms with Crippen LogP contribution in [-0.4, -0.2) is 35.7 Å². The van der Waals surface area contributed by atoms with E-state index in [4.69, 9.17) is 14.2 Å². The number of hydrogen-bond donors (Lipinski definition) is 1. The number of phenols is 1. The number of aryl methyl sites for hydroxylation is 1. The Bertz CT molecular complexity index is 1000. The first-order chi connectivity index (χ1) is 13.6. The molecule has 0 spiro atoms. The number of Topliss-reactive ketones (excluding diaryl/α,β-unsaturated/α-hetero) is 1. The van der Waals surface area contributed by atoms with Crippen LogP contribution in [0.4, 0.5) is 0 Å². The summed E-state index contributed by atoms with van der Waals surface area (Å²) >= 11 is 0. The molecule has 1 N–H and O–H groups in total. The number of carbonyl (C=O) groups excluding carboxylic acids is 1. The van der Waals surface area contributed by atoms with Gasteiger partial charge >= 0.3 is 0 Å². The van der Waals surface area contributed by atoms with Crippen LogP contribution in [0.1, 0.15) is 39.9 Å². The van der Waals surface area contributed by atoms with Crippen LogP contribution in [0.25, 0.3) is 6.08 Å². The van der Waals surface area contributed by atoms with E-state index < -0.39 is 0 Å². The smallest absolute Gasteiger partial charge is 0.232 e. The van der Waals surface area contributed by atoms with Gasteiger partial charge in [0.15, 0.2) is 17.3 Å². The van der Waals surface area contributed by atoms with E-state index in [0.717, 1.165) is 37.1 Å². The Kier molecular flexibility index (Phi) is 4.02. The standard InChI is InChI=1S/C22H21NO5/c1-13-8-16(24)15(11-23-6-2-3-7-23)22-20(13)21(25)19(28-22)10-14-4-5-17-18(9-14)27-12-26-17/h4-5,8-10,24H,2-3,6-7,11-12H2,1H3/b19-10-. The van der Waals surface area contributed by atoms with E-state index in [0.29, 0.717) is 34.9 Å². The van der Waals surface area contributed by atoms with Crippen molar-refractivity contribution in [1.29, 1.82) is 0 Å². The Labute approximate surface area is 162 Å². The predicted octanol–water partition coefficient (Wildman–Crippen LogP) is 3.64. The molecule has 28 heavy (non-hydrogen) atoms. The van der Waals surface area contributed by atoms with Crippen LogP contribution in [0.15, 0.2) is 30.0 Å². The largest absolute Gasteiger partial charge is 0.507 e. The number of ether oxygens (including phenoxy) is 3. The summed E-state index contributed by atoms with van der Waals surface area (Å²) in [6, 6.07) is 7.16. The number of fused-ring (bicyclic) bond motifs is 2. The number of hydrogen-bond acceptors (Lipinski definition) is 6. The Hall–Kier alpha value is -2.99. The fraction of sp³-hybridized carbons (Fsp3) is 0.318. The first kappa shape index (κ1) is 17.1. The topological polar surface area (TPSA) is 68.2 Å². The van der Waals surface area contributed by atoms with Gasteiger partial charge in [-0.15, -0.1) is 0 Å². The molecule has 6 heteroatoms. The molecule has 6 nitrogen and oxygen atoms in total. The summed E-state index contributed by atoms with van der Waals surface area (Å²) < 4.78 is 16.7. The van der Waals surface area contributed by atoms with Gasteiger partial charge in [0.2, 0.25) is 12.6 Å². The third kappa shape index (κ3) is 2.81. The van der Waals surface area contributed by atoms with Gasteiger partial charge in [-0.1, -0.05) is 6.07 Å². The van der Waals surface area contributed by atoms with Crippen molar-refractivity contribution in [3.05, 3.63) is 52.3 Å². The molecule has 3 aliphatic heterocycles. The summed E-state index contributed by atoms with van der Waals surface area (Å²) in [6.45, 7) is 4.60. The van der Waals surface area contributed by atoms with Crippen molar-refractivity contribution in [1.82, 2.24) is 4.90 Å². The van der Waals surface area contributed by atoms with Gasteiger partial charge in [-0.3, -0.25) is 9.69 Å². The lowest BCUT2D eigenvalue weighted by molar-refractivity contribution is 0.101. The van der Waals surface area contributed by atoms with Crippen molar-refractivity contribution in [2.75, 3.05) is 19.9 Å². The zero-order chi connectivity index (χ0) is 19.3. The third-order valence-corrected chi connectivity index (χ3v) is 5.50. The molecule has 1 fully saturated rings. The van der Waals surface area contributed by atoms with E-state index >= 15 is 0 Å².